The van der Waals surface area contributed by atoms with Crippen LogP contribution < -0.4 is 4.74 Å². The number of methoxy groups -OCH3 is 1. The van der Waals surface area contributed by atoms with E-state index in [9.17, 15) is 4.79 Å². The van der Waals surface area contributed by atoms with Crippen molar-refractivity contribution < 1.29 is 9.53 Å². The zero-order valence-electron chi connectivity index (χ0n) is 17.4. The molecule has 2 aromatic carbocycles. The van der Waals surface area contributed by atoms with Crippen molar-refractivity contribution >= 4 is 51.5 Å². The van der Waals surface area contributed by atoms with Gasteiger partial charge in [-0.1, -0.05) is 65.2 Å². The number of fused-ring (bicyclic) bond motifs is 1. The topological polar surface area (TPSA) is 80.8 Å². The molecule has 0 bridgehead atoms. The van der Waals surface area contributed by atoms with Gasteiger partial charge >= 0.3 is 0 Å². The number of aromatic nitrogens is 3. The Kier molecular flexibility index (Phi) is 7.47. The first-order chi connectivity index (χ1) is 15.7. The lowest BCUT2D eigenvalue weighted by molar-refractivity contribution is 0.102. The van der Waals surface area contributed by atoms with Crippen LogP contribution >= 0.6 is 34.9 Å². The summed E-state index contributed by atoms with van der Waals surface area (Å²) in [6, 6.07) is 17.9. The van der Waals surface area contributed by atoms with Crippen LogP contribution in [0.15, 0.2) is 63.4 Å². The van der Waals surface area contributed by atoms with E-state index in [1.165, 1.54) is 28.7 Å². The molecule has 2 heterocycles. The van der Waals surface area contributed by atoms with Crippen molar-refractivity contribution in [2.45, 2.75) is 27.4 Å². The van der Waals surface area contributed by atoms with Gasteiger partial charge in [-0.25, -0.2) is 0 Å². The average molecular weight is 481 g/mol. The number of benzene rings is 2. The van der Waals surface area contributed by atoms with Gasteiger partial charge in [0, 0.05) is 35.0 Å². The summed E-state index contributed by atoms with van der Waals surface area (Å²) in [5.41, 5.74) is 2.84. The maximum absolute atomic E-state index is 12.9. The van der Waals surface area contributed by atoms with Gasteiger partial charge in [0.05, 0.1) is 25.4 Å². The van der Waals surface area contributed by atoms with Gasteiger partial charge in [0.1, 0.15) is 5.75 Å². The van der Waals surface area contributed by atoms with Crippen LogP contribution in [-0.2, 0) is 12.3 Å². The summed E-state index contributed by atoms with van der Waals surface area (Å²) in [4.78, 5) is 12.9. The van der Waals surface area contributed by atoms with E-state index in [4.69, 9.17) is 10.00 Å². The van der Waals surface area contributed by atoms with Crippen molar-refractivity contribution in [3.8, 4) is 11.8 Å². The molecule has 0 aliphatic heterocycles. The van der Waals surface area contributed by atoms with Crippen molar-refractivity contribution in [2.24, 2.45) is 0 Å². The first-order valence-corrected chi connectivity index (χ1v) is 12.7. The number of hydrogen-bond donors (Lipinski definition) is 0. The second-order valence-electron chi connectivity index (χ2n) is 6.84. The molecule has 0 fully saturated rings. The molecule has 0 saturated carbocycles. The molecule has 0 N–H and O–H groups in total. The highest BCUT2D eigenvalue weighted by molar-refractivity contribution is 8.03. The molecule has 4 aromatic rings. The number of rotatable bonds is 10. The van der Waals surface area contributed by atoms with Gasteiger partial charge in [-0.2, -0.15) is 5.26 Å². The monoisotopic (exact) mass is 480 g/mol. The van der Waals surface area contributed by atoms with Gasteiger partial charge in [0.2, 0.25) is 0 Å². The van der Waals surface area contributed by atoms with E-state index < -0.39 is 0 Å². The number of para-hydroxylation sites is 1. The Morgan fingerprint density at radius 1 is 1.12 bits per heavy atom. The summed E-state index contributed by atoms with van der Waals surface area (Å²) in [5.74, 6) is 1.98. The molecule has 0 unspecified atom stereocenters. The van der Waals surface area contributed by atoms with Gasteiger partial charge < -0.3 is 9.30 Å². The molecule has 162 valence electrons. The minimum atomic E-state index is 0.0459. The fourth-order valence-corrected chi connectivity index (χ4v) is 6.07. The van der Waals surface area contributed by atoms with Crippen molar-refractivity contribution in [1.82, 2.24) is 14.8 Å². The van der Waals surface area contributed by atoms with E-state index in [1.807, 2.05) is 59.3 Å². The normalized spacial score (nSPS) is 10.9. The van der Waals surface area contributed by atoms with Gasteiger partial charge in [-0.05, 0) is 23.8 Å². The highest BCUT2D eigenvalue weighted by atomic mass is 32.2. The van der Waals surface area contributed by atoms with E-state index in [1.54, 1.807) is 18.9 Å². The number of nitrogens with zero attached hydrogens (tertiary/aromatic N) is 4. The Morgan fingerprint density at radius 3 is 2.62 bits per heavy atom. The number of carbonyl (C=O) groups excluding carboxylic acids is 1. The first kappa shape index (κ1) is 22.4. The molecular formula is C23H20N4O2S3. The Bertz CT molecular complexity index is 1260. The third-order valence-corrected chi connectivity index (χ3v) is 8.05. The second kappa shape index (κ2) is 10.7. The van der Waals surface area contributed by atoms with Crippen LogP contribution in [0.25, 0.3) is 10.9 Å². The molecule has 0 aliphatic rings. The van der Waals surface area contributed by atoms with Crippen molar-refractivity contribution in [1.29, 1.82) is 5.26 Å². The van der Waals surface area contributed by atoms with E-state index in [0.29, 0.717) is 24.3 Å². The molecule has 4 rings (SSSR count). The minimum absolute atomic E-state index is 0.0459. The fraction of sp³-hybridized carbons (Fsp3) is 0.217. The Balaban J connectivity index is 1.36. The van der Waals surface area contributed by atoms with Gasteiger partial charge in [0.15, 0.2) is 14.5 Å². The Morgan fingerprint density at radius 2 is 1.88 bits per heavy atom. The lowest BCUT2D eigenvalue weighted by Gasteiger charge is -2.01. The number of thioether (sulfide) groups is 2. The van der Waals surface area contributed by atoms with Crippen molar-refractivity contribution in [3.05, 3.63) is 65.9 Å². The second-order valence-corrected chi connectivity index (χ2v) is 10.3. The van der Waals surface area contributed by atoms with E-state index in [2.05, 4.69) is 16.3 Å². The lowest BCUT2D eigenvalue weighted by atomic mass is 10.1. The van der Waals surface area contributed by atoms with Crippen LogP contribution in [0.1, 0.15) is 22.3 Å². The minimum Gasteiger partial charge on any atom is -0.497 e. The molecule has 6 nitrogen and oxygen atoms in total. The number of nitriles is 1. The molecule has 2 aromatic heterocycles. The molecule has 0 spiro atoms. The third kappa shape index (κ3) is 5.33. The predicted octanol–water partition coefficient (Wildman–Crippen LogP) is 5.68. The number of carbonyl (C=O) groups is 1. The van der Waals surface area contributed by atoms with Crippen LogP contribution in [0.2, 0.25) is 0 Å². The number of ketones is 1. The van der Waals surface area contributed by atoms with Gasteiger partial charge in [0.25, 0.3) is 0 Å². The van der Waals surface area contributed by atoms with Crippen LogP contribution in [-0.4, -0.2) is 33.4 Å². The zero-order chi connectivity index (χ0) is 22.3. The van der Waals surface area contributed by atoms with E-state index in [-0.39, 0.29) is 5.78 Å². The number of hydrogen-bond acceptors (Lipinski definition) is 8. The summed E-state index contributed by atoms with van der Waals surface area (Å²) in [5, 5.41) is 18.3. The van der Waals surface area contributed by atoms with Crippen LogP contribution in [0.3, 0.4) is 0 Å². The Labute approximate surface area is 198 Å². The quantitative estimate of drug-likeness (QED) is 0.213. The van der Waals surface area contributed by atoms with E-state index >= 15 is 0 Å². The zero-order valence-corrected chi connectivity index (χ0v) is 19.8. The summed E-state index contributed by atoms with van der Waals surface area (Å²) < 4.78 is 8.83. The SMILES string of the molecule is COc1ccc(CSc2nnc(SCC(=O)c3cn(CCC#N)c4ccccc34)s2)cc1. The summed E-state index contributed by atoms with van der Waals surface area (Å²) in [7, 11) is 1.65. The molecule has 9 heteroatoms. The number of ether oxygens (including phenoxy) is 1. The first-order valence-electron chi connectivity index (χ1n) is 9.88. The Hall–Kier alpha value is -2.80. The molecular weight excluding hydrogens is 460 g/mol. The van der Waals surface area contributed by atoms with Crippen LogP contribution in [0, 0.1) is 11.3 Å². The summed E-state index contributed by atoms with van der Waals surface area (Å²) in [6.45, 7) is 0.572. The standard InChI is InChI=1S/C23H20N4O2S3/c1-29-17-9-7-16(8-10-17)14-30-22-25-26-23(32-22)31-15-21(28)19-13-27(12-4-11-24)20-6-3-2-5-18(19)20/h2-3,5-10,13H,4,12,14-15H2,1H3. The lowest BCUT2D eigenvalue weighted by Crippen LogP contribution is -2.02. The molecule has 0 atom stereocenters. The number of Topliss-reactive ketones (excluding diaryl/α,β-unsaturated/α-hetero) is 1. The van der Waals surface area contributed by atoms with E-state index in [0.717, 1.165) is 31.1 Å². The highest BCUT2D eigenvalue weighted by Crippen LogP contribution is 2.32. The number of aryl methyl sites for hydroxylation is 1. The maximum Gasteiger partial charge on any atom is 0.175 e. The highest BCUT2D eigenvalue weighted by Gasteiger charge is 2.16. The summed E-state index contributed by atoms with van der Waals surface area (Å²) in [6.07, 6.45) is 2.27. The largest absolute Gasteiger partial charge is 0.497 e. The van der Waals surface area contributed by atoms with Gasteiger partial charge in [-0.3, -0.25) is 4.79 Å². The molecule has 0 aliphatic carbocycles. The summed E-state index contributed by atoms with van der Waals surface area (Å²) >= 11 is 4.54. The smallest absolute Gasteiger partial charge is 0.175 e. The van der Waals surface area contributed by atoms with Crippen molar-refractivity contribution in [3.63, 3.8) is 0 Å². The third-order valence-electron chi connectivity index (χ3n) is 4.79. The maximum atomic E-state index is 12.9. The van der Waals surface area contributed by atoms with Crippen molar-refractivity contribution in [2.75, 3.05) is 12.9 Å². The molecule has 32 heavy (non-hydrogen) atoms. The molecule has 0 amide bonds. The molecule has 0 radical (unpaired) electrons. The van der Waals surface area contributed by atoms with Crippen LogP contribution in [0.5, 0.6) is 5.75 Å². The predicted molar refractivity (Wildman–Crippen MR) is 130 cm³/mol. The van der Waals surface area contributed by atoms with Crippen LogP contribution in [0.4, 0.5) is 0 Å². The van der Waals surface area contributed by atoms with Gasteiger partial charge in [-0.15, -0.1) is 10.2 Å². The fourth-order valence-electron chi connectivity index (χ4n) is 3.21. The molecule has 0 saturated heterocycles. The average Bonchev–Trinajstić information content (AvgIpc) is 3.45.